The maximum absolute atomic E-state index is 14.6. The van der Waals surface area contributed by atoms with E-state index >= 15 is 0 Å². The number of aromatic nitrogens is 3. The van der Waals surface area contributed by atoms with E-state index in [2.05, 4.69) is 14.9 Å². The van der Waals surface area contributed by atoms with Gasteiger partial charge in [-0.3, -0.25) is 4.57 Å². The molecular formula is C22H20F2N4O5S. The van der Waals surface area contributed by atoms with E-state index in [1.54, 1.807) is 10.6 Å². The number of fused-ring (bicyclic) bond motifs is 3. The van der Waals surface area contributed by atoms with Crippen LogP contribution in [0.15, 0.2) is 46.3 Å². The van der Waals surface area contributed by atoms with Gasteiger partial charge >= 0.3 is 5.69 Å². The first kappa shape index (κ1) is 22.3. The second-order valence-electron chi connectivity index (χ2n) is 8.22. The largest absolute Gasteiger partial charge is 0.473 e. The molecule has 3 aromatic rings. The molecule has 0 bridgehead atoms. The third-order valence-electron chi connectivity index (χ3n) is 5.78. The quantitative estimate of drug-likeness (QED) is 0.520. The number of benzene rings is 1. The maximum Gasteiger partial charge on any atom is 0.352 e. The fourth-order valence-electron chi connectivity index (χ4n) is 4.22. The molecule has 1 atom stereocenters. The summed E-state index contributed by atoms with van der Waals surface area (Å²) < 4.78 is 64.9. The Morgan fingerprint density at radius 1 is 1.18 bits per heavy atom. The summed E-state index contributed by atoms with van der Waals surface area (Å²) in [5, 5.41) is -0.283. The average molecular weight is 490 g/mol. The third-order valence-corrected chi connectivity index (χ3v) is 6.76. The van der Waals surface area contributed by atoms with Crippen LogP contribution in [-0.2, 0) is 23.0 Å². The van der Waals surface area contributed by atoms with Gasteiger partial charge in [0.15, 0.2) is 32.2 Å². The monoisotopic (exact) mass is 490 g/mol. The lowest BCUT2D eigenvalue weighted by atomic mass is 10.2. The fourth-order valence-corrected chi connectivity index (χ4v) is 4.80. The van der Waals surface area contributed by atoms with Crippen LogP contribution in [0, 0.1) is 11.6 Å². The second kappa shape index (κ2) is 8.35. The number of nitrogens with zero attached hydrogens (tertiary/aromatic N) is 4. The Morgan fingerprint density at radius 2 is 1.94 bits per heavy atom. The van der Waals surface area contributed by atoms with Gasteiger partial charge in [-0.1, -0.05) is 0 Å². The van der Waals surface area contributed by atoms with Crippen LogP contribution in [0.25, 0.3) is 0 Å². The molecule has 1 saturated heterocycles. The van der Waals surface area contributed by atoms with Crippen LogP contribution >= 0.6 is 0 Å². The summed E-state index contributed by atoms with van der Waals surface area (Å²) in [5.74, 6) is -1.96. The number of sulfone groups is 1. The molecule has 12 heteroatoms. The molecule has 1 unspecified atom stereocenters. The lowest BCUT2D eigenvalue weighted by Gasteiger charge is -2.17. The SMILES string of the molecule is CS(=O)(=O)c1cc(Oc2c(F)cc(COc3cc4n(c(=O)n3)CC3CCCN43)cc2F)ccn1. The van der Waals surface area contributed by atoms with Gasteiger partial charge < -0.3 is 14.4 Å². The van der Waals surface area contributed by atoms with E-state index in [1.165, 1.54) is 12.3 Å². The van der Waals surface area contributed by atoms with Crippen molar-refractivity contribution in [3.63, 3.8) is 0 Å². The van der Waals surface area contributed by atoms with Crippen molar-refractivity contribution < 1.29 is 26.7 Å². The van der Waals surface area contributed by atoms with Gasteiger partial charge in [0.1, 0.15) is 18.2 Å². The van der Waals surface area contributed by atoms with E-state index in [0.717, 1.165) is 49.7 Å². The van der Waals surface area contributed by atoms with Crippen molar-refractivity contribution in [1.29, 1.82) is 0 Å². The number of pyridine rings is 1. The van der Waals surface area contributed by atoms with Crippen LogP contribution < -0.4 is 20.1 Å². The van der Waals surface area contributed by atoms with Gasteiger partial charge in [-0.2, -0.15) is 4.98 Å². The van der Waals surface area contributed by atoms with Crippen molar-refractivity contribution >= 4 is 15.7 Å². The summed E-state index contributed by atoms with van der Waals surface area (Å²) in [4.78, 5) is 22.1. The van der Waals surface area contributed by atoms with Crippen molar-refractivity contribution in [1.82, 2.24) is 14.5 Å². The molecule has 0 aliphatic carbocycles. The highest BCUT2D eigenvalue weighted by Crippen LogP contribution is 2.33. The van der Waals surface area contributed by atoms with Gasteiger partial charge in [-0.25, -0.2) is 27.0 Å². The Balaban J connectivity index is 1.33. The predicted octanol–water partition coefficient (Wildman–Crippen LogP) is 2.67. The Bertz CT molecular complexity index is 1420. The van der Waals surface area contributed by atoms with Crippen LogP contribution in [0.5, 0.6) is 17.4 Å². The van der Waals surface area contributed by atoms with Crippen molar-refractivity contribution in [3.8, 4) is 17.4 Å². The first-order chi connectivity index (χ1) is 16.2. The Morgan fingerprint density at radius 3 is 2.68 bits per heavy atom. The molecule has 2 aromatic heterocycles. The molecule has 1 fully saturated rings. The van der Waals surface area contributed by atoms with Crippen molar-refractivity contribution in [3.05, 3.63) is 64.2 Å². The van der Waals surface area contributed by atoms with Gasteiger partial charge in [0.2, 0.25) is 5.88 Å². The molecule has 0 saturated carbocycles. The molecule has 0 radical (unpaired) electrons. The number of halogens is 2. The van der Waals surface area contributed by atoms with Gasteiger partial charge in [0, 0.05) is 43.7 Å². The summed E-state index contributed by atoms with van der Waals surface area (Å²) in [5.41, 5.74) is -0.260. The zero-order chi connectivity index (χ0) is 24.0. The molecule has 2 aliphatic rings. The van der Waals surface area contributed by atoms with Gasteiger partial charge in [0.05, 0.1) is 0 Å². The average Bonchev–Trinajstić information content (AvgIpc) is 3.37. The number of hydrogen-bond donors (Lipinski definition) is 0. The molecule has 9 nitrogen and oxygen atoms in total. The molecule has 1 aromatic carbocycles. The topological polar surface area (TPSA) is 104 Å². The van der Waals surface area contributed by atoms with Gasteiger partial charge in [-0.15, -0.1) is 0 Å². The molecule has 0 amide bonds. The van der Waals surface area contributed by atoms with E-state index in [1.807, 2.05) is 0 Å². The van der Waals surface area contributed by atoms with Crippen LogP contribution in [0.1, 0.15) is 18.4 Å². The van der Waals surface area contributed by atoms with Gasteiger partial charge in [-0.05, 0) is 36.6 Å². The molecule has 0 N–H and O–H groups in total. The molecule has 4 heterocycles. The van der Waals surface area contributed by atoms with Crippen molar-refractivity contribution in [2.45, 2.75) is 37.1 Å². The van der Waals surface area contributed by atoms with E-state index in [9.17, 15) is 22.0 Å². The smallest absolute Gasteiger partial charge is 0.352 e. The Hall–Kier alpha value is -3.54. The second-order valence-corrected chi connectivity index (χ2v) is 10.2. The summed E-state index contributed by atoms with van der Waals surface area (Å²) in [6, 6.07) is 6.39. The highest BCUT2D eigenvalue weighted by molar-refractivity contribution is 7.90. The predicted molar refractivity (Wildman–Crippen MR) is 117 cm³/mol. The number of anilines is 1. The maximum atomic E-state index is 14.6. The number of rotatable bonds is 6. The van der Waals surface area contributed by atoms with Crippen LogP contribution in [0.3, 0.4) is 0 Å². The van der Waals surface area contributed by atoms with E-state index in [0.29, 0.717) is 6.54 Å². The van der Waals surface area contributed by atoms with E-state index < -0.39 is 32.9 Å². The Labute approximate surface area is 193 Å². The highest BCUT2D eigenvalue weighted by Gasteiger charge is 2.34. The molecule has 34 heavy (non-hydrogen) atoms. The zero-order valence-corrected chi connectivity index (χ0v) is 18.9. The van der Waals surface area contributed by atoms with Crippen LogP contribution in [0.2, 0.25) is 0 Å². The lowest BCUT2D eigenvalue weighted by molar-refractivity contribution is 0.289. The van der Waals surface area contributed by atoms with E-state index in [4.69, 9.17) is 9.47 Å². The van der Waals surface area contributed by atoms with Crippen LogP contribution in [0.4, 0.5) is 14.6 Å². The minimum absolute atomic E-state index is 0.0787. The Kier molecular flexibility index (Phi) is 5.47. The minimum Gasteiger partial charge on any atom is -0.473 e. The van der Waals surface area contributed by atoms with Crippen molar-refractivity contribution in [2.24, 2.45) is 0 Å². The summed E-state index contributed by atoms with van der Waals surface area (Å²) in [7, 11) is -3.62. The first-order valence-electron chi connectivity index (χ1n) is 10.5. The standard InChI is InChI=1S/C22H20F2N4O5S/c1-34(30,31)19-9-15(4-5-25-19)33-21-16(23)7-13(8-17(21)24)12-32-18-10-20-27-6-2-3-14(27)11-28(20)22(29)26-18/h4-5,7-10,14H,2-3,6,11-12H2,1H3. The molecular weight excluding hydrogens is 470 g/mol. The third kappa shape index (κ3) is 4.20. The summed E-state index contributed by atoms with van der Waals surface area (Å²) in [6.07, 6.45) is 4.20. The number of ether oxygens (including phenoxy) is 2. The van der Waals surface area contributed by atoms with Gasteiger partial charge in [0.25, 0.3) is 0 Å². The lowest BCUT2D eigenvalue weighted by Crippen LogP contribution is -2.24. The number of hydrogen-bond acceptors (Lipinski definition) is 8. The molecule has 0 spiro atoms. The van der Waals surface area contributed by atoms with Crippen molar-refractivity contribution in [2.75, 3.05) is 17.7 Å². The minimum atomic E-state index is -3.62. The van der Waals surface area contributed by atoms with E-state index in [-0.39, 0.29) is 34.9 Å². The zero-order valence-electron chi connectivity index (χ0n) is 18.1. The van der Waals surface area contributed by atoms with Crippen LogP contribution in [-0.4, -0.2) is 41.8 Å². The molecule has 2 aliphatic heterocycles. The summed E-state index contributed by atoms with van der Waals surface area (Å²) in [6.45, 7) is 1.23. The fraction of sp³-hybridized carbons (Fsp3) is 0.318. The molecule has 178 valence electrons. The normalized spacial score (nSPS) is 16.9. The first-order valence-corrected chi connectivity index (χ1v) is 12.4. The molecule has 5 rings (SSSR count). The highest BCUT2D eigenvalue weighted by atomic mass is 32.2. The summed E-state index contributed by atoms with van der Waals surface area (Å²) >= 11 is 0.